The lowest BCUT2D eigenvalue weighted by atomic mass is 9.98. The zero-order chi connectivity index (χ0) is 12.3. The quantitative estimate of drug-likeness (QED) is 0.794. The molecular formula is C12H17N3O2. The molecule has 1 aromatic heterocycles. The number of rotatable bonds is 3. The molecule has 1 unspecified atom stereocenters. The zero-order valence-electron chi connectivity index (χ0n) is 9.85. The van der Waals surface area contributed by atoms with Crippen LogP contribution in [0.3, 0.4) is 0 Å². The van der Waals surface area contributed by atoms with Crippen LogP contribution in [-0.2, 0) is 9.53 Å². The number of hydrogen-bond donors (Lipinski definition) is 2. The number of nitrogens with two attached hydrogens (primary N) is 1. The highest BCUT2D eigenvalue weighted by atomic mass is 16.5. The first kappa shape index (κ1) is 12.0. The Balaban J connectivity index is 1.99. The zero-order valence-corrected chi connectivity index (χ0v) is 9.85. The Bertz CT molecular complexity index is 388. The molecular weight excluding hydrogens is 218 g/mol. The molecule has 1 amide bonds. The predicted octanol–water partition coefficient (Wildman–Crippen LogP) is 0.377. The standard InChI is InChI=1S/C12H17N3O2/c1-9(10-2-5-14-6-3-10)15-11(16)12(13)4-7-17-8-12/h2-3,5-6,9H,4,7-8,13H2,1H3,(H,15,16)/t9-,12?/m0/s1. The van der Waals surface area contributed by atoms with E-state index in [1.165, 1.54) is 0 Å². The molecule has 0 radical (unpaired) electrons. The topological polar surface area (TPSA) is 77.2 Å². The van der Waals surface area contributed by atoms with Crippen molar-refractivity contribution in [1.29, 1.82) is 0 Å². The Morgan fingerprint density at radius 2 is 2.29 bits per heavy atom. The van der Waals surface area contributed by atoms with Crippen LogP contribution in [0.15, 0.2) is 24.5 Å². The Labute approximate surface area is 100 Å². The van der Waals surface area contributed by atoms with E-state index in [1.54, 1.807) is 12.4 Å². The molecule has 5 nitrogen and oxygen atoms in total. The number of hydrogen-bond acceptors (Lipinski definition) is 4. The second kappa shape index (κ2) is 4.81. The van der Waals surface area contributed by atoms with Gasteiger partial charge in [0.2, 0.25) is 5.91 Å². The van der Waals surface area contributed by atoms with Crippen LogP contribution in [0.4, 0.5) is 0 Å². The maximum atomic E-state index is 12.0. The maximum Gasteiger partial charge on any atom is 0.243 e. The first-order chi connectivity index (χ1) is 8.12. The molecule has 2 rings (SSSR count). The lowest BCUT2D eigenvalue weighted by Gasteiger charge is -2.23. The summed E-state index contributed by atoms with van der Waals surface area (Å²) < 4.78 is 5.17. The van der Waals surface area contributed by atoms with Crippen molar-refractivity contribution in [1.82, 2.24) is 10.3 Å². The van der Waals surface area contributed by atoms with Crippen molar-refractivity contribution in [3.05, 3.63) is 30.1 Å². The van der Waals surface area contributed by atoms with Crippen molar-refractivity contribution >= 4 is 5.91 Å². The van der Waals surface area contributed by atoms with Gasteiger partial charge in [-0.25, -0.2) is 0 Å². The number of aromatic nitrogens is 1. The van der Waals surface area contributed by atoms with E-state index >= 15 is 0 Å². The van der Waals surface area contributed by atoms with Crippen LogP contribution in [0.25, 0.3) is 0 Å². The van der Waals surface area contributed by atoms with Crippen molar-refractivity contribution in [3.63, 3.8) is 0 Å². The normalized spacial score (nSPS) is 25.5. The molecule has 1 aliphatic rings. The van der Waals surface area contributed by atoms with E-state index in [4.69, 9.17) is 10.5 Å². The summed E-state index contributed by atoms with van der Waals surface area (Å²) in [5, 5.41) is 2.91. The highest BCUT2D eigenvalue weighted by Crippen LogP contribution is 2.18. The summed E-state index contributed by atoms with van der Waals surface area (Å²) >= 11 is 0. The fraction of sp³-hybridized carbons (Fsp3) is 0.500. The molecule has 1 aromatic rings. The molecule has 2 heterocycles. The molecule has 2 atom stereocenters. The molecule has 0 bridgehead atoms. The molecule has 5 heteroatoms. The minimum absolute atomic E-state index is 0.0773. The van der Waals surface area contributed by atoms with Gasteiger partial charge in [0.1, 0.15) is 5.54 Å². The van der Waals surface area contributed by atoms with Crippen LogP contribution in [-0.4, -0.2) is 29.6 Å². The van der Waals surface area contributed by atoms with Gasteiger partial charge in [-0.3, -0.25) is 9.78 Å². The van der Waals surface area contributed by atoms with E-state index in [0.717, 1.165) is 5.56 Å². The number of nitrogens with zero attached hydrogens (tertiary/aromatic N) is 1. The van der Waals surface area contributed by atoms with Gasteiger partial charge in [0.15, 0.2) is 0 Å². The number of nitrogens with one attached hydrogen (secondary N) is 1. The van der Waals surface area contributed by atoms with Crippen LogP contribution in [0, 0.1) is 0 Å². The predicted molar refractivity (Wildman–Crippen MR) is 63.1 cm³/mol. The third kappa shape index (κ3) is 2.62. The van der Waals surface area contributed by atoms with E-state index in [9.17, 15) is 4.79 Å². The van der Waals surface area contributed by atoms with Crippen LogP contribution in [0.5, 0.6) is 0 Å². The molecule has 17 heavy (non-hydrogen) atoms. The summed E-state index contributed by atoms with van der Waals surface area (Å²) in [6.07, 6.45) is 3.98. The fourth-order valence-corrected chi connectivity index (χ4v) is 1.84. The van der Waals surface area contributed by atoms with Crippen molar-refractivity contribution in [2.75, 3.05) is 13.2 Å². The molecule has 1 fully saturated rings. The smallest absolute Gasteiger partial charge is 0.243 e. The summed E-state index contributed by atoms with van der Waals surface area (Å²) in [5.41, 5.74) is 6.12. The van der Waals surface area contributed by atoms with E-state index < -0.39 is 5.54 Å². The van der Waals surface area contributed by atoms with E-state index in [0.29, 0.717) is 19.6 Å². The van der Waals surface area contributed by atoms with Crippen molar-refractivity contribution in [2.45, 2.75) is 24.9 Å². The average Bonchev–Trinajstić information content (AvgIpc) is 2.78. The van der Waals surface area contributed by atoms with E-state index in [2.05, 4.69) is 10.3 Å². The number of carbonyl (C=O) groups is 1. The second-order valence-electron chi connectivity index (χ2n) is 4.43. The summed E-state index contributed by atoms with van der Waals surface area (Å²) in [4.78, 5) is 16.0. The third-order valence-corrected chi connectivity index (χ3v) is 3.06. The van der Waals surface area contributed by atoms with Crippen LogP contribution >= 0.6 is 0 Å². The molecule has 0 spiro atoms. The number of pyridine rings is 1. The van der Waals surface area contributed by atoms with Gasteiger partial charge in [-0.2, -0.15) is 0 Å². The lowest BCUT2D eigenvalue weighted by molar-refractivity contribution is -0.127. The number of amides is 1. The minimum atomic E-state index is -0.874. The van der Waals surface area contributed by atoms with E-state index in [1.807, 2.05) is 19.1 Å². The van der Waals surface area contributed by atoms with E-state index in [-0.39, 0.29) is 11.9 Å². The molecule has 0 aromatic carbocycles. The number of ether oxygens (including phenoxy) is 1. The van der Waals surface area contributed by atoms with Gasteiger partial charge in [-0.05, 0) is 31.0 Å². The Morgan fingerprint density at radius 1 is 1.59 bits per heavy atom. The van der Waals surface area contributed by atoms with Gasteiger partial charge >= 0.3 is 0 Å². The largest absolute Gasteiger partial charge is 0.379 e. The van der Waals surface area contributed by atoms with Gasteiger partial charge < -0.3 is 15.8 Å². The average molecular weight is 235 g/mol. The van der Waals surface area contributed by atoms with Crippen LogP contribution < -0.4 is 11.1 Å². The van der Waals surface area contributed by atoms with Crippen molar-refractivity contribution in [3.8, 4) is 0 Å². The first-order valence-corrected chi connectivity index (χ1v) is 5.69. The maximum absolute atomic E-state index is 12.0. The highest BCUT2D eigenvalue weighted by Gasteiger charge is 2.38. The first-order valence-electron chi connectivity index (χ1n) is 5.69. The molecule has 3 N–H and O–H groups in total. The van der Waals surface area contributed by atoms with Gasteiger partial charge in [0, 0.05) is 19.0 Å². The monoisotopic (exact) mass is 235 g/mol. The van der Waals surface area contributed by atoms with Crippen molar-refractivity contribution in [2.24, 2.45) is 5.73 Å². The highest BCUT2D eigenvalue weighted by molar-refractivity contribution is 5.86. The second-order valence-corrected chi connectivity index (χ2v) is 4.43. The Morgan fingerprint density at radius 3 is 2.88 bits per heavy atom. The SMILES string of the molecule is C[C@H](NC(=O)C1(N)CCOC1)c1ccncc1. The fourth-order valence-electron chi connectivity index (χ4n) is 1.84. The molecule has 92 valence electrons. The summed E-state index contributed by atoms with van der Waals surface area (Å²) in [6.45, 7) is 2.77. The van der Waals surface area contributed by atoms with Crippen molar-refractivity contribution < 1.29 is 9.53 Å². The van der Waals surface area contributed by atoms with Gasteiger partial charge in [-0.1, -0.05) is 0 Å². The van der Waals surface area contributed by atoms with Gasteiger partial charge in [0.05, 0.1) is 12.6 Å². The summed E-state index contributed by atoms with van der Waals surface area (Å²) in [5.74, 6) is -0.153. The number of carbonyl (C=O) groups excluding carboxylic acids is 1. The summed E-state index contributed by atoms with van der Waals surface area (Å²) in [7, 11) is 0. The third-order valence-electron chi connectivity index (χ3n) is 3.06. The Kier molecular flexibility index (Phi) is 3.40. The lowest BCUT2D eigenvalue weighted by Crippen LogP contribution is -2.54. The van der Waals surface area contributed by atoms with Crippen LogP contribution in [0.1, 0.15) is 24.9 Å². The van der Waals surface area contributed by atoms with Gasteiger partial charge in [-0.15, -0.1) is 0 Å². The molecule has 1 saturated heterocycles. The Hall–Kier alpha value is -1.46. The summed E-state index contributed by atoms with van der Waals surface area (Å²) in [6, 6.07) is 3.67. The van der Waals surface area contributed by atoms with Crippen LogP contribution in [0.2, 0.25) is 0 Å². The minimum Gasteiger partial charge on any atom is -0.379 e. The molecule has 0 saturated carbocycles. The molecule has 0 aliphatic carbocycles. The molecule has 1 aliphatic heterocycles. The van der Waals surface area contributed by atoms with Gasteiger partial charge in [0.25, 0.3) is 0 Å².